The lowest BCUT2D eigenvalue weighted by molar-refractivity contribution is -0.127. The predicted molar refractivity (Wildman–Crippen MR) is 82.1 cm³/mol. The van der Waals surface area contributed by atoms with Crippen LogP contribution in [-0.4, -0.2) is 48.5 Å². The molecule has 7 heteroatoms. The average molecular weight is 332 g/mol. The van der Waals surface area contributed by atoms with E-state index in [1.54, 1.807) is 11.8 Å². The molecule has 1 aliphatic rings. The minimum atomic E-state index is -2.33. The van der Waals surface area contributed by atoms with E-state index in [2.05, 4.69) is 5.32 Å². The summed E-state index contributed by atoms with van der Waals surface area (Å²) < 4.78 is 24.6. The Morgan fingerprint density at radius 1 is 1.55 bits per heavy atom. The van der Waals surface area contributed by atoms with Crippen LogP contribution in [0.4, 0.5) is 8.78 Å². The molecule has 0 bridgehead atoms. The molecule has 2 N–H and O–H groups in total. The van der Waals surface area contributed by atoms with Crippen LogP contribution >= 0.6 is 11.3 Å². The smallest absolute Gasteiger partial charge is 0.251 e. The molecule has 2 rings (SSSR count). The van der Waals surface area contributed by atoms with Gasteiger partial charge in [0.25, 0.3) is 6.43 Å². The maximum atomic E-state index is 12.3. The van der Waals surface area contributed by atoms with Gasteiger partial charge in [-0.05, 0) is 44.3 Å². The number of hydrogen-bond acceptors (Lipinski definition) is 4. The second-order valence-electron chi connectivity index (χ2n) is 5.93. The molecule has 1 fully saturated rings. The number of halogens is 2. The summed E-state index contributed by atoms with van der Waals surface area (Å²) in [4.78, 5) is 14.7. The molecular formula is C15H22F2N2O2S. The highest BCUT2D eigenvalue weighted by Crippen LogP contribution is 2.25. The lowest BCUT2D eigenvalue weighted by atomic mass is 9.95. The van der Waals surface area contributed by atoms with Crippen molar-refractivity contribution in [3.05, 3.63) is 22.4 Å². The molecule has 1 aromatic heterocycles. The highest BCUT2D eigenvalue weighted by Gasteiger charge is 2.29. The van der Waals surface area contributed by atoms with Gasteiger partial charge in [-0.25, -0.2) is 8.78 Å². The van der Waals surface area contributed by atoms with Crippen molar-refractivity contribution < 1.29 is 18.7 Å². The van der Waals surface area contributed by atoms with Gasteiger partial charge in [-0.2, -0.15) is 0 Å². The van der Waals surface area contributed by atoms with Crippen molar-refractivity contribution in [2.75, 3.05) is 26.2 Å². The first-order chi connectivity index (χ1) is 10.4. The van der Waals surface area contributed by atoms with Crippen molar-refractivity contribution in [2.24, 2.45) is 5.92 Å². The molecule has 1 atom stereocenters. The first kappa shape index (κ1) is 17.3. The van der Waals surface area contributed by atoms with E-state index < -0.39 is 12.0 Å². The number of aliphatic hydroxyl groups is 1. The van der Waals surface area contributed by atoms with Gasteiger partial charge in [-0.3, -0.25) is 9.69 Å². The number of hydrogen-bond donors (Lipinski definition) is 2. The first-order valence-electron chi connectivity index (χ1n) is 7.43. The van der Waals surface area contributed by atoms with Crippen LogP contribution in [0.5, 0.6) is 0 Å². The van der Waals surface area contributed by atoms with Crippen molar-refractivity contribution in [3.8, 4) is 0 Å². The third-order valence-electron chi connectivity index (χ3n) is 4.01. The molecule has 0 aromatic carbocycles. The fourth-order valence-electron chi connectivity index (χ4n) is 2.65. The quantitative estimate of drug-likeness (QED) is 0.838. The third kappa shape index (κ3) is 4.72. The van der Waals surface area contributed by atoms with Gasteiger partial charge < -0.3 is 10.4 Å². The summed E-state index contributed by atoms with van der Waals surface area (Å²) in [7, 11) is 0. The third-order valence-corrected chi connectivity index (χ3v) is 5.14. The zero-order valence-electron chi connectivity index (χ0n) is 12.6. The Labute approximate surface area is 133 Å². The molecular weight excluding hydrogens is 310 g/mol. The number of piperidine rings is 1. The van der Waals surface area contributed by atoms with E-state index >= 15 is 0 Å². The number of alkyl halides is 2. The number of nitrogens with one attached hydrogen (secondary N) is 1. The molecule has 0 aliphatic carbocycles. The molecule has 124 valence electrons. The van der Waals surface area contributed by atoms with Crippen LogP contribution in [0.25, 0.3) is 0 Å². The average Bonchev–Trinajstić information content (AvgIpc) is 3.00. The van der Waals surface area contributed by atoms with E-state index in [0.717, 1.165) is 4.88 Å². The Bertz CT molecular complexity index is 472. The van der Waals surface area contributed by atoms with Gasteiger partial charge in [-0.15, -0.1) is 11.3 Å². The minimum Gasteiger partial charge on any atom is -0.383 e. The Morgan fingerprint density at radius 2 is 2.23 bits per heavy atom. The summed E-state index contributed by atoms with van der Waals surface area (Å²) >= 11 is 1.44. The van der Waals surface area contributed by atoms with E-state index in [4.69, 9.17) is 0 Å². The van der Waals surface area contributed by atoms with Crippen LogP contribution in [0, 0.1) is 5.92 Å². The van der Waals surface area contributed by atoms with Gasteiger partial charge in [0, 0.05) is 10.8 Å². The number of carbonyl (C=O) groups excluding carboxylic acids is 1. The standard InChI is InChI=1S/C15H22F2N2O2S/c1-15(21,12-3-2-8-22-12)10-18-14(20)11-4-6-19(7-5-11)9-13(16)17/h2-3,8,11,13,21H,4-7,9-10H2,1H3,(H,18,20)/t15-/m1/s1. The zero-order valence-corrected chi connectivity index (χ0v) is 13.4. The minimum absolute atomic E-state index is 0.103. The highest BCUT2D eigenvalue weighted by atomic mass is 32.1. The number of thiophene rings is 1. The normalized spacial score (nSPS) is 20.0. The van der Waals surface area contributed by atoms with Gasteiger partial charge in [-0.1, -0.05) is 6.07 Å². The summed E-state index contributed by atoms with van der Waals surface area (Å²) in [6, 6.07) is 3.69. The summed E-state index contributed by atoms with van der Waals surface area (Å²) in [5.41, 5.74) is -1.08. The topological polar surface area (TPSA) is 52.6 Å². The summed E-state index contributed by atoms with van der Waals surface area (Å²) in [5.74, 6) is -0.262. The van der Waals surface area contributed by atoms with E-state index in [0.29, 0.717) is 25.9 Å². The molecule has 1 saturated heterocycles. The summed E-state index contributed by atoms with van der Waals surface area (Å²) in [6.07, 6.45) is -1.16. The number of nitrogens with zero attached hydrogens (tertiary/aromatic N) is 1. The highest BCUT2D eigenvalue weighted by molar-refractivity contribution is 7.10. The molecule has 0 radical (unpaired) electrons. The van der Waals surface area contributed by atoms with E-state index in [9.17, 15) is 18.7 Å². The lowest BCUT2D eigenvalue weighted by Crippen LogP contribution is -2.45. The fraction of sp³-hybridized carbons (Fsp3) is 0.667. The van der Waals surface area contributed by atoms with Gasteiger partial charge in [0.1, 0.15) is 5.60 Å². The van der Waals surface area contributed by atoms with Gasteiger partial charge in [0.15, 0.2) is 0 Å². The Balaban J connectivity index is 1.77. The Kier molecular flexibility index (Phi) is 5.88. The predicted octanol–water partition coefficient (Wildman–Crippen LogP) is 2.05. The molecule has 0 saturated carbocycles. The van der Waals surface area contributed by atoms with E-state index in [1.165, 1.54) is 11.3 Å². The Morgan fingerprint density at radius 3 is 2.77 bits per heavy atom. The number of likely N-dealkylation sites (tertiary alicyclic amines) is 1. The van der Waals surface area contributed by atoms with Crippen molar-refractivity contribution in [1.82, 2.24) is 10.2 Å². The van der Waals surface area contributed by atoms with Crippen molar-refractivity contribution in [3.63, 3.8) is 0 Å². The van der Waals surface area contributed by atoms with Gasteiger partial charge in [0.2, 0.25) is 5.91 Å². The van der Waals surface area contributed by atoms with Crippen LogP contribution in [0.3, 0.4) is 0 Å². The van der Waals surface area contributed by atoms with Crippen LogP contribution in [0.2, 0.25) is 0 Å². The van der Waals surface area contributed by atoms with Crippen LogP contribution < -0.4 is 5.32 Å². The first-order valence-corrected chi connectivity index (χ1v) is 8.31. The molecule has 1 aliphatic heterocycles. The summed E-state index contributed by atoms with van der Waals surface area (Å²) in [5, 5.41) is 15.0. The molecule has 1 amide bonds. The molecule has 4 nitrogen and oxygen atoms in total. The van der Waals surface area contributed by atoms with Crippen molar-refractivity contribution >= 4 is 17.2 Å². The fourth-order valence-corrected chi connectivity index (χ4v) is 3.44. The second kappa shape index (κ2) is 7.48. The van der Waals surface area contributed by atoms with Crippen molar-refractivity contribution in [2.45, 2.75) is 31.8 Å². The maximum Gasteiger partial charge on any atom is 0.251 e. The molecule has 0 unspecified atom stereocenters. The molecule has 22 heavy (non-hydrogen) atoms. The van der Waals surface area contributed by atoms with Crippen LogP contribution in [0.15, 0.2) is 17.5 Å². The summed E-state index contributed by atoms with van der Waals surface area (Å²) in [6.45, 7) is 2.64. The number of amides is 1. The number of rotatable bonds is 6. The van der Waals surface area contributed by atoms with Crippen LogP contribution in [0.1, 0.15) is 24.6 Å². The maximum absolute atomic E-state index is 12.3. The monoisotopic (exact) mass is 332 g/mol. The van der Waals surface area contributed by atoms with Gasteiger partial charge >= 0.3 is 0 Å². The largest absolute Gasteiger partial charge is 0.383 e. The zero-order chi connectivity index (χ0) is 16.2. The lowest BCUT2D eigenvalue weighted by Gasteiger charge is -2.31. The van der Waals surface area contributed by atoms with Crippen LogP contribution in [-0.2, 0) is 10.4 Å². The molecule has 2 heterocycles. The number of carbonyl (C=O) groups is 1. The van der Waals surface area contributed by atoms with E-state index in [-0.39, 0.29) is 24.9 Å². The molecule has 0 spiro atoms. The van der Waals surface area contributed by atoms with E-state index in [1.807, 2.05) is 17.5 Å². The Hall–Kier alpha value is -1.05. The second-order valence-corrected chi connectivity index (χ2v) is 6.88. The van der Waals surface area contributed by atoms with Crippen molar-refractivity contribution in [1.29, 1.82) is 0 Å². The SMILES string of the molecule is C[C@@](O)(CNC(=O)C1CCN(CC(F)F)CC1)c1cccs1. The van der Waals surface area contributed by atoms with Gasteiger partial charge in [0.05, 0.1) is 13.1 Å². The molecule has 1 aromatic rings.